The van der Waals surface area contributed by atoms with Crippen molar-refractivity contribution in [3.63, 3.8) is 0 Å². The van der Waals surface area contributed by atoms with E-state index in [1.807, 2.05) is 23.4 Å². The molecule has 2 aromatic heterocycles. The third-order valence-electron chi connectivity index (χ3n) is 2.46. The standard InChI is InChI=1S/C11H16N4S/c1-3-12-10(11-7-16-8-13-11)4-9-5-14-15(2)6-9/h5-8,10,12H,3-4H2,1-2H3. The normalized spacial score (nSPS) is 12.9. The van der Waals surface area contributed by atoms with E-state index in [9.17, 15) is 0 Å². The van der Waals surface area contributed by atoms with Crippen molar-refractivity contribution in [1.82, 2.24) is 20.1 Å². The second-order valence-electron chi connectivity index (χ2n) is 3.75. The van der Waals surface area contributed by atoms with Gasteiger partial charge in [0, 0.05) is 18.6 Å². The first kappa shape index (κ1) is 11.3. The predicted molar refractivity (Wildman–Crippen MR) is 65.4 cm³/mol. The second-order valence-corrected chi connectivity index (χ2v) is 4.47. The minimum Gasteiger partial charge on any atom is -0.309 e. The molecular weight excluding hydrogens is 220 g/mol. The van der Waals surface area contributed by atoms with E-state index in [4.69, 9.17) is 0 Å². The first-order valence-corrected chi connectivity index (χ1v) is 6.33. The quantitative estimate of drug-likeness (QED) is 0.860. The Labute approximate surface area is 99.3 Å². The zero-order valence-electron chi connectivity index (χ0n) is 9.55. The van der Waals surface area contributed by atoms with E-state index in [1.165, 1.54) is 5.56 Å². The van der Waals surface area contributed by atoms with E-state index in [1.54, 1.807) is 11.3 Å². The Balaban J connectivity index is 2.09. The van der Waals surface area contributed by atoms with Gasteiger partial charge in [-0.05, 0) is 18.5 Å². The monoisotopic (exact) mass is 236 g/mol. The van der Waals surface area contributed by atoms with E-state index in [0.717, 1.165) is 18.7 Å². The molecule has 0 aliphatic rings. The van der Waals surface area contributed by atoms with Crippen molar-refractivity contribution in [2.45, 2.75) is 19.4 Å². The molecule has 2 heterocycles. The molecule has 5 heteroatoms. The van der Waals surface area contributed by atoms with Gasteiger partial charge < -0.3 is 5.32 Å². The van der Waals surface area contributed by atoms with Crippen LogP contribution in [0.4, 0.5) is 0 Å². The maximum Gasteiger partial charge on any atom is 0.0795 e. The highest BCUT2D eigenvalue weighted by atomic mass is 32.1. The lowest BCUT2D eigenvalue weighted by Crippen LogP contribution is -2.23. The van der Waals surface area contributed by atoms with Gasteiger partial charge in [0.25, 0.3) is 0 Å². The summed E-state index contributed by atoms with van der Waals surface area (Å²) in [5, 5.41) is 9.73. The van der Waals surface area contributed by atoms with Crippen molar-refractivity contribution in [2.24, 2.45) is 7.05 Å². The minimum absolute atomic E-state index is 0.292. The summed E-state index contributed by atoms with van der Waals surface area (Å²) in [5.41, 5.74) is 4.24. The molecule has 2 rings (SSSR count). The maximum atomic E-state index is 4.37. The molecule has 0 fully saturated rings. The van der Waals surface area contributed by atoms with E-state index in [2.05, 4.69) is 33.9 Å². The summed E-state index contributed by atoms with van der Waals surface area (Å²) >= 11 is 1.64. The minimum atomic E-state index is 0.292. The Hall–Kier alpha value is -1.20. The molecule has 0 radical (unpaired) electrons. The molecule has 4 nitrogen and oxygen atoms in total. The maximum absolute atomic E-state index is 4.37. The predicted octanol–water partition coefficient (Wildman–Crippen LogP) is 1.77. The van der Waals surface area contributed by atoms with Crippen molar-refractivity contribution in [3.05, 3.63) is 34.5 Å². The summed E-state index contributed by atoms with van der Waals surface area (Å²) in [6.07, 6.45) is 4.90. The molecule has 2 aromatic rings. The zero-order valence-corrected chi connectivity index (χ0v) is 10.4. The number of nitrogens with one attached hydrogen (secondary N) is 1. The number of hydrogen-bond acceptors (Lipinski definition) is 4. The van der Waals surface area contributed by atoms with Gasteiger partial charge in [-0.2, -0.15) is 5.10 Å². The summed E-state index contributed by atoms with van der Waals surface area (Å²) in [5.74, 6) is 0. The number of rotatable bonds is 5. The molecule has 0 amide bonds. The third-order valence-corrected chi connectivity index (χ3v) is 3.06. The first-order chi connectivity index (χ1) is 7.79. The van der Waals surface area contributed by atoms with Crippen molar-refractivity contribution >= 4 is 11.3 Å². The molecular formula is C11H16N4S. The van der Waals surface area contributed by atoms with Crippen LogP contribution >= 0.6 is 11.3 Å². The highest BCUT2D eigenvalue weighted by Crippen LogP contribution is 2.17. The van der Waals surface area contributed by atoms with Gasteiger partial charge in [-0.25, -0.2) is 4.98 Å². The number of aromatic nitrogens is 3. The van der Waals surface area contributed by atoms with Crippen LogP contribution in [-0.2, 0) is 13.5 Å². The Kier molecular flexibility index (Phi) is 3.69. The summed E-state index contributed by atoms with van der Waals surface area (Å²) < 4.78 is 1.83. The van der Waals surface area contributed by atoms with Gasteiger partial charge in [-0.1, -0.05) is 6.92 Å². The molecule has 0 aliphatic carbocycles. The van der Waals surface area contributed by atoms with Crippen LogP contribution in [-0.4, -0.2) is 21.3 Å². The smallest absolute Gasteiger partial charge is 0.0795 e. The number of likely N-dealkylation sites (N-methyl/N-ethyl adjacent to an activating group) is 1. The Morgan fingerprint density at radius 3 is 3.00 bits per heavy atom. The fourth-order valence-corrected chi connectivity index (χ4v) is 2.34. The van der Waals surface area contributed by atoms with Gasteiger partial charge in [0.15, 0.2) is 0 Å². The van der Waals surface area contributed by atoms with Crippen LogP contribution in [0.25, 0.3) is 0 Å². The second kappa shape index (κ2) is 5.23. The Morgan fingerprint density at radius 2 is 2.44 bits per heavy atom. The fourth-order valence-electron chi connectivity index (χ4n) is 1.73. The van der Waals surface area contributed by atoms with Gasteiger partial charge in [0.05, 0.1) is 23.4 Å². The van der Waals surface area contributed by atoms with Gasteiger partial charge in [0.1, 0.15) is 0 Å². The molecule has 0 aliphatic heterocycles. The Morgan fingerprint density at radius 1 is 1.56 bits per heavy atom. The molecule has 0 saturated heterocycles. The van der Waals surface area contributed by atoms with Gasteiger partial charge in [-0.15, -0.1) is 11.3 Å². The highest BCUT2D eigenvalue weighted by Gasteiger charge is 2.13. The third kappa shape index (κ3) is 2.68. The zero-order chi connectivity index (χ0) is 11.4. The van der Waals surface area contributed by atoms with Crippen LogP contribution in [0, 0.1) is 0 Å². The molecule has 1 unspecified atom stereocenters. The lowest BCUT2D eigenvalue weighted by molar-refractivity contribution is 0.539. The molecule has 86 valence electrons. The molecule has 0 aromatic carbocycles. The molecule has 0 spiro atoms. The van der Waals surface area contributed by atoms with E-state index in [-0.39, 0.29) is 0 Å². The highest BCUT2D eigenvalue weighted by molar-refractivity contribution is 7.07. The van der Waals surface area contributed by atoms with E-state index < -0.39 is 0 Å². The number of nitrogens with zero attached hydrogens (tertiary/aromatic N) is 3. The fraction of sp³-hybridized carbons (Fsp3) is 0.455. The topological polar surface area (TPSA) is 42.7 Å². The summed E-state index contributed by atoms with van der Waals surface area (Å²) in [6, 6.07) is 0.292. The van der Waals surface area contributed by atoms with Gasteiger partial charge in [-0.3, -0.25) is 4.68 Å². The number of aryl methyl sites for hydroxylation is 1. The first-order valence-electron chi connectivity index (χ1n) is 5.38. The average Bonchev–Trinajstić information content (AvgIpc) is 2.88. The average molecular weight is 236 g/mol. The molecule has 1 N–H and O–H groups in total. The summed E-state index contributed by atoms with van der Waals surface area (Å²) in [4.78, 5) is 4.37. The van der Waals surface area contributed by atoms with Crippen LogP contribution in [0.15, 0.2) is 23.3 Å². The van der Waals surface area contributed by atoms with Crippen LogP contribution in [0.3, 0.4) is 0 Å². The molecule has 1 atom stereocenters. The van der Waals surface area contributed by atoms with Crippen LogP contribution in [0.5, 0.6) is 0 Å². The number of thiazole rings is 1. The molecule has 0 saturated carbocycles. The van der Waals surface area contributed by atoms with Crippen molar-refractivity contribution in [1.29, 1.82) is 0 Å². The summed E-state index contributed by atoms with van der Waals surface area (Å²) in [7, 11) is 1.94. The van der Waals surface area contributed by atoms with Gasteiger partial charge in [0.2, 0.25) is 0 Å². The van der Waals surface area contributed by atoms with E-state index in [0.29, 0.717) is 6.04 Å². The lowest BCUT2D eigenvalue weighted by Gasteiger charge is -2.14. The van der Waals surface area contributed by atoms with Crippen molar-refractivity contribution < 1.29 is 0 Å². The SMILES string of the molecule is CCNC(Cc1cnn(C)c1)c1cscn1. The van der Waals surface area contributed by atoms with Crippen molar-refractivity contribution in [3.8, 4) is 0 Å². The summed E-state index contributed by atoms with van der Waals surface area (Å²) in [6.45, 7) is 3.06. The van der Waals surface area contributed by atoms with Crippen molar-refractivity contribution in [2.75, 3.05) is 6.54 Å². The van der Waals surface area contributed by atoms with Crippen LogP contribution < -0.4 is 5.32 Å². The van der Waals surface area contributed by atoms with Crippen LogP contribution in [0.1, 0.15) is 24.2 Å². The van der Waals surface area contributed by atoms with Crippen LogP contribution in [0.2, 0.25) is 0 Å². The lowest BCUT2D eigenvalue weighted by atomic mass is 10.1. The molecule has 0 bridgehead atoms. The molecule has 16 heavy (non-hydrogen) atoms. The number of hydrogen-bond donors (Lipinski definition) is 1. The van der Waals surface area contributed by atoms with Gasteiger partial charge >= 0.3 is 0 Å². The van der Waals surface area contributed by atoms with E-state index >= 15 is 0 Å². The Bertz CT molecular complexity index is 421. The largest absolute Gasteiger partial charge is 0.309 e.